The Kier molecular flexibility index (Phi) is 4.87. The molecule has 1 heterocycles. The second kappa shape index (κ2) is 6.30. The van der Waals surface area contributed by atoms with E-state index in [0.29, 0.717) is 0 Å². The third-order valence-corrected chi connectivity index (χ3v) is 4.46. The average molecular weight is 291 g/mol. The van der Waals surface area contributed by atoms with Gasteiger partial charge in [-0.05, 0) is 12.8 Å². The zero-order chi connectivity index (χ0) is 15.5. The summed E-state index contributed by atoms with van der Waals surface area (Å²) in [5, 5.41) is 3.17. The number of nitrogens with one attached hydrogen (secondary N) is 1. The van der Waals surface area contributed by atoms with Gasteiger partial charge in [-0.3, -0.25) is 0 Å². The topological polar surface area (TPSA) is 47.0 Å². The number of hydrogen-bond donors (Lipinski definition) is 1. The molecule has 1 aliphatic carbocycles. The van der Waals surface area contributed by atoms with Crippen LogP contribution in [-0.4, -0.2) is 24.1 Å². The summed E-state index contributed by atoms with van der Waals surface area (Å²) in [4.78, 5) is 9.61. The van der Waals surface area contributed by atoms with E-state index < -0.39 is 0 Å². The Labute approximate surface area is 128 Å². The normalized spacial score (nSPS) is 19.1. The maximum absolute atomic E-state index is 5.96. The van der Waals surface area contributed by atoms with Crippen LogP contribution in [0.25, 0.3) is 0 Å². The highest BCUT2D eigenvalue weighted by Gasteiger charge is 2.37. The van der Waals surface area contributed by atoms with Gasteiger partial charge in [0.25, 0.3) is 0 Å². The van der Waals surface area contributed by atoms with Crippen LogP contribution in [0.3, 0.4) is 0 Å². The van der Waals surface area contributed by atoms with Crippen molar-refractivity contribution in [3.05, 3.63) is 17.6 Å². The van der Waals surface area contributed by atoms with Gasteiger partial charge in [-0.2, -0.15) is 0 Å². The van der Waals surface area contributed by atoms with E-state index in [1.54, 1.807) is 7.11 Å². The van der Waals surface area contributed by atoms with E-state index in [9.17, 15) is 0 Å². The second-order valence-electron chi connectivity index (χ2n) is 7.07. The van der Waals surface area contributed by atoms with Crippen LogP contribution in [0.4, 0.5) is 5.82 Å². The standard InChI is InChI=1S/C17H29N3O/c1-16(2,3)13-12-14(18-4)20-15(19-13)17(21-5)10-8-6-7-9-11-17/h12H,6-11H2,1-5H3,(H,18,19,20). The summed E-state index contributed by atoms with van der Waals surface area (Å²) in [5.41, 5.74) is 0.754. The summed E-state index contributed by atoms with van der Waals surface area (Å²) in [5.74, 6) is 1.73. The van der Waals surface area contributed by atoms with Crippen molar-refractivity contribution >= 4 is 5.82 Å². The molecule has 1 N–H and O–H groups in total. The first kappa shape index (κ1) is 16.2. The lowest BCUT2D eigenvalue weighted by atomic mass is 9.89. The van der Waals surface area contributed by atoms with E-state index in [-0.39, 0.29) is 11.0 Å². The number of methoxy groups -OCH3 is 1. The summed E-state index contributed by atoms with van der Waals surface area (Å²) in [6.07, 6.45) is 6.96. The van der Waals surface area contributed by atoms with Crippen molar-refractivity contribution in [3.8, 4) is 0 Å². The zero-order valence-corrected chi connectivity index (χ0v) is 14.1. The molecule has 21 heavy (non-hydrogen) atoms. The minimum atomic E-state index is -0.316. The third kappa shape index (κ3) is 3.54. The van der Waals surface area contributed by atoms with Crippen molar-refractivity contribution in [2.45, 2.75) is 70.3 Å². The molecule has 0 aromatic carbocycles. The molecule has 0 aliphatic heterocycles. The summed E-state index contributed by atoms with van der Waals surface area (Å²) < 4.78 is 5.96. The first-order valence-corrected chi connectivity index (χ1v) is 8.04. The van der Waals surface area contributed by atoms with Crippen molar-refractivity contribution in [2.24, 2.45) is 0 Å². The zero-order valence-electron chi connectivity index (χ0n) is 14.1. The van der Waals surface area contributed by atoms with Gasteiger partial charge in [-0.25, -0.2) is 9.97 Å². The lowest BCUT2D eigenvalue weighted by Crippen LogP contribution is -2.32. The first-order chi connectivity index (χ1) is 9.91. The Hall–Kier alpha value is -1.16. The molecule has 1 fully saturated rings. The summed E-state index contributed by atoms with van der Waals surface area (Å²) in [7, 11) is 3.71. The van der Waals surface area contributed by atoms with Crippen molar-refractivity contribution < 1.29 is 4.74 Å². The lowest BCUT2D eigenvalue weighted by molar-refractivity contribution is -0.0353. The maximum atomic E-state index is 5.96. The predicted octanol–water partition coefficient (Wildman–Crippen LogP) is 4.01. The van der Waals surface area contributed by atoms with Crippen molar-refractivity contribution in [1.82, 2.24) is 9.97 Å². The molecule has 4 nitrogen and oxygen atoms in total. The summed E-state index contributed by atoms with van der Waals surface area (Å²) in [6.45, 7) is 6.56. The highest BCUT2D eigenvalue weighted by atomic mass is 16.5. The van der Waals surface area contributed by atoms with Gasteiger partial charge in [0.2, 0.25) is 0 Å². The molecule has 0 spiro atoms. The molecule has 0 unspecified atom stereocenters. The van der Waals surface area contributed by atoms with Gasteiger partial charge >= 0.3 is 0 Å². The first-order valence-electron chi connectivity index (χ1n) is 8.04. The molecular weight excluding hydrogens is 262 g/mol. The predicted molar refractivity (Wildman–Crippen MR) is 86.7 cm³/mol. The fourth-order valence-electron chi connectivity index (χ4n) is 2.98. The number of nitrogens with zero attached hydrogens (tertiary/aromatic N) is 2. The number of anilines is 1. The van der Waals surface area contributed by atoms with E-state index >= 15 is 0 Å². The molecule has 118 valence electrons. The molecular formula is C17H29N3O. The molecule has 0 atom stereocenters. The van der Waals surface area contributed by atoms with Crippen LogP contribution in [0.15, 0.2) is 6.07 Å². The second-order valence-corrected chi connectivity index (χ2v) is 7.07. The van der Waals surface area contributed by atoms with E-state index in [4.69, 9.17) is 14.7 Å². The SMILES string of the molecule is CNc1cc(C(C)(C)C)nc(C2(OC)CCCCCC2)n1. The monoisotopic (exact) mass is 291 g/mol. The van der Waals surface area contributed by atoms with Gasteiger partial charge in [-0.1, -0.05) is 46.5 Å². The molecule has 0 saturated heterocycles. The Balaban J connectivity index is 2.49. The molecule has 1 aromatic heterocycles. The average Bonchev–Trinajstić information content (AvgIpc) is 2.72. The van der Waals surface area contributed by atoms with Crippen molar-refractivity contribution in [3.63, 3.8) is 0 Å². The molecule has 1 aliphatic rings. The van der Waals surface area contributed by atoms with Gasteiger partial charge < -0.3 is 10.1 Å². The van der Waals surface area contributed by atoms with Crippen LogP contribution >= 0.6 is 0 Å². The van der Waals surface area contributed by atoms with E-state index in [1.165, 1.54) is 25.7 Å². The smallest absolute Gasteiger partial charge is 0.162 e. The van der Waals surface area contributed by atoms with Crippen molar-refractivity contribution in [1.29, 1.82) is 0 Å². The van der Waals surface area contributed by atoms with Crippen LogP contribution in [0.1, 0.15) is 70.8 Å². The lowest BCUT2D eigenvalue weighted by Gasteiger charge is -2.31. The molecule has 0 bridgehead atoms. The minimum absolute atomic E-state index is 0.00293. The highest BCUT2D eigenvalue weighted by molar-refractivity contribution is 5.38. The quantitative estimate of drug-likeness (QED) is 0.855. The minimum Gasteiger partial charge on any atom is -0.373 e. The summed E-state index contributed by atoms with van der Waals surface area (Å²) in [6, 6.07) is 2.05. The highest BCUT2D eigenvalue weighted by Crippen LogP contribution is 2.38. The van der Waals surface area contributed by atoms with Gasteiger partial charge in [0.05, 0.1) is 5.69 Å². The Bertz CT molecular complexity index is 471. The molecule has 1 aromatic rings. The fourth-order valence-corrected chi connectivity index (χ4v) is 2.98. The van der Waals surface area contributed by atoms with Gasteiger partial charge in [0.15, 0.2) is 5.82 Å². The van der Waals surface area contributed by atoms with E-state index in [0.717, 1.165) is 30.2 Å². The van der Waals surface area contributed by atoms with Gasteiger partial charge in [-0.15, -0.1) is 0 Å². The Morgan fingerprint density at radius 3 is 2.19 bits per heavy atom. The van der Waals surface area contributed by atoms with Gasteiger partial charge in [0, 0.05) is 25.6 Å². The third-order valence-electron chi connectivity index (χ3n) is 4.46. The number of rotatable bonds is 3. The maximum Gasteiger partial charge on any atom is 0.162 e. The number of ether oxygens (including phenoxy) is 1. The van der Waals surface area contributed by atoms with Gasteiger partial charge in [0.1, 0.15) is 11.4 Å². The Morgan fingerprint density at radius 2 is 1.71 bits per heavy atom. The molecule has 4 heteroatoms. The molecule has 2 rings (SSSR count). The largest absolute Gasteiger partial charge is 0.373 e. The number of hydrogen-bond acceptors (Lipinski definition) is 4. The Morgan fingerprint density at radius 1 is 1.10 bits per heavy atom. The van der Waals surface area contributed by atoms with Crippen LogP contribution in [0.2, 0.25) is 0 Å². The fraction of sp³-hybridized carbons (Fsp3) is 0.765. The van der Waals surface area contributed by atoms with E-state index in [2.05, 4.69) is 26.1 Å². The molecule has 1 saturated carbocycles. The van der Waals surface area contributed by atoms with Crippen molar-refractivity contribution in [2.75, 3.05) is 19.5 Å². The van der Waals surface area contributed by atoms with E-state index in [1.807, 2.05) is 13.1 Å². The van der Waals surface area contributed by atoms with Crippen LogP contribution in [-0.2, 0) is 15.8 Å². The van der Waals surface area contributed by atoms with Crippen LogP contribution < -0.4 is 5.32 Å². The molecule has 0 amide bonds. The molecule has 0 radical (unpaired) electrons. The van der Waals surface area contributed by atoms with Crippen LogP contribution in [0.5, 0.6) is 0 Å². The summed E-state index contributed by atoms with van der Waals surface area (Å²) >= 11 is 0. The number of aromatic nitrogens is 2. The van der Waals surface area contributed by atoms with Crippen LogP contribution in [0, 0.1) is 0 Å².